The molecule has 1 saturated carbocycles. The average Bonchev–Trinajstić information content (AvgIpc) is 3.11. The Kier molecular flexibility index (Phi) is 7.97. The molecule has 1 saturated heterocycles. The molecule has 0 N–H and O–H groups in total. The van der Waals surface area contributed by atoms with E-state index >= 15 is 0 Å². The Morgan fingerprint density at radius 1 is 1.20 bits per heavy atom. The largest absolute Gasteiger partial charge is 0.493 e. The van der Waals surface area contributed by atoms with Crippen LogP contribution in [0.1, 0.15) is 43.2 Å². The Morgan fingerprint density at radius 3 is 2.69 bits per heavy atom. The van der Waals surface area contributed by atoms with Crippen molar-refractivity contribution in [2.24, 2.45) is 5.92 Å². The van der Waals surface area contributed by atoms with Gasteiger partial charge in [0.1, 0.15) is 6.61 Å². The van der Waals surface area contributed by atoms with E-state index in [4.69, 9.17) is 21.1 Å². The van der Waals surface area contributed by atoms with Gasteiger partial charge in [-0.05, 0) is 59.9 Å². The Hall–Kier alpha value is -3.04. The van der Waals surface area contributed by atoms with Crippen LogP contribution < -0.4 is 9.47 Å². The third-order valence-electron chi connectivity index (χ3n) is 6.09. The number of amides is 2. The normalized spacial score (nSPS) is 17.8. The lowest BCUT2D eigenvalue weighted by Gasteiger charge is -2.25. The molecular weight excluding hydrogens is 492 g/mol. The second-order valence-electron chi connectivity index (χ2n) is 8.55. The zero-order valence-corrected chi connectivity index (χ0v) is 20.8. The molecular formula is C25H25ClN2O6S. The third kappa shape index (κ3) is 5.97. The third-order valence-corrected chi connectivity index (χ3v) is 7.28. The lowest BCUT2D eigenvalue weighted by Crippen LogP contribution is -2.34. The molecule has 0 unspecified atom stereocenters. The summed E-state index contributed by atoms with van der Waals surface area (Å²) in [5.74, 6) is 0.708. The molecule has 8 nitrogen and oxygen atoms in total. The van der Waals surface area contributed by atoms with Gasteiger partial charge in [0, 0.05) is 18.7 Å². The molecule has 35 heavy (non-hydrogen) atoms. The first kappa shape index (κ1) is 25.1. The summed E-state index contributed by atoms with van der Waals surface area (Å²) >= 11 is 7.39. The van der Waals surface area contributed by atoms with Gasteiger partial charge in [-0.3, -0.25) is 24.6 Å². The fraction of sp³-hybridized carbons (Fsp3) is 0.360. The fourth-order valence-electron chi connectivity index (χ4n) is 4.32. The molecule has 0 atom stereocenters. The quantitative estimate of drug-likeness (QED) is 0.226. The summed E-state index contributed by atoms with van der Waals surface area (Å²) < 4.78 is 11.2. The van der Waals surface area contributed by atoms with Crippen molar-refractivity contribution >= 4 is 46.3 Å². The van der Waals surface area contributed by atoms with Crippen molar-refractivity contribution in [1.82, 2.24) is 4.90 Å². The molecule has 1 aliphatic heterocycles. The number of hydrogen-bond acceptors (Lipinski definition) is 7. The summed E-state index contributed by atoms with van der Waals surface area (Å²) in [6.45, 7) is 0.521. The molecule has 2 aromatic carbocycles. The second-order valence-corrected chi connectivity index (χ2v) is 9.95. The lowest BCUT2D eigenvalue weighted by molar-refractivity contribution is -0.384. The number of benzene rings is 2. The Morgan fingerprint density at radius 2 is 1.97 bits per heavy atom. The molecule has 0 aromatic heterocycles. The van der Waals surface area contributed by atoms with Gasteiger partial charge in [0.15, 0.2) is 11.5 Å². The number of halogens is 1. The SMILES string of the molecule is COc1cc(/C=C2/SC(=O)N(CC3CCCCC3)C2=O)cc(Cl)c1OCc1cccc([N+](=O)[O-])c1. The maximum absolute atomic E-state index is 12.9. The van der Waals surface area contributed by atoms with Crippen LogP contribution in [-0.2, 0) is 11.4 Å². The Labute approximate surface area is 212 Å². The minimum Gasteiger partial charge on any atom is -0.493 e. The summed E-state index contributed by atoms with van der Waals surface area (Å²) in [4.78, 5) is 37.6. The van der Waals surface area contributed by atoms with Crippen LogP contribution >= 0.6 is 23.4 Å². The number of thioether (sulfide) groups is 1. The molecule has 10 heteroatoms. The smallest absolute Gasteiger partial charge is 0.293 e. The van der Waals surface area contributed by atoms with Gasteiger partial charge in [-0.1, -0.05) is 43.0 Å². The minimum atomic E-state index is -0.470. The van der Waals surface area contributed by atoms with E-state index in [9.17, 15) is 19.7 Å². The number of carbonyl (C=O) groups is 2. The molecule has 184 valence electrons. The van der Waals surface area contributed by atoms with Gasteiger partial charge in [0.05, 0.1) is 22.0 Å². The summed E-state index contributed by atoms with van der Waals surface area (Å²) in [6, 6.07) is 9.43. The van der Waals surface area contributed by atoms with Gasteiger partial charge in [-0.25, -0.2) is 0 Å². The zero-order chi connectivity index (χ0) is 24.9. The van der Waals surface area contributed by atoms with Gasteiger partial charge in [0.2, 0.25) is 0 Å². The fourth-order valence-corrected chi connectivity index (χ4v) is 5.44. The molecule has 2 amide bonds. The van der Waals surface area contributed by atoms with Crippen molar-refractivity contribution < 1.29 is 24.0 Å². The molecule has 1 aliphatic carbocycles. The highest BCUT2D eigenvalue weighted by Crippen LogP contribution is 2.40. The standard InChI is InChI=1S/C25H25ClN2O6S/c1-33-21-12-18(11-20(26)23(21)34-15-17-8-5-9-19(10-17)28(31)32)13-22-24(29)27(25(30)35-22)14-16-6-3-2-4-7-16/h5,8-13,16H,2-4,6-7,14-15H2,1H3/b22-13+. The number of carbonyl (C=O) groups excluding carboxylic acids is 2. The average molecular weight is 517 g/mol. The van der Waals surface area contributed by atoms with Gasteiger partial charge in [-0.15, -0.1) is 0 Å². The van der Waals surface area contributed by atoms with Crippen molar-refractivity contribution in [3.8, 4) is 11.5 Å². The maximum Gasteiger partial charge on any atom is 0.293 e. The first-order chi connectivity index (χ1) is 16.9. The van der Waals surface area contributed by atoms with Crippen molar-refractivity contribution in [2.45, 2.75) is 38.7 Å². The van der Waals surface area contributed by atoms with E-state index in [0.29, 0.717) is 34.2 Å². The topological polar surface area (TPSA) is 99.0 Å². The van der Waals surface area contributed by atoms with Crippen molar-refractivity contribution in [3.05, 3.63) is 67.6 Å². The van der Waals surface area contributed by atoms with E-state index in [1.807, 2.05) is 0 Å². The summed E-state index contributed by atoms with van der Waals surface area (Å²) in [6.07, 6.45) is 7.22. The predicted molar refractivity (Wildman–Crippen MR) is 135 cm³/mol. The second kappa shape index (κ2) is 11.1. The summed E-state index contributed by atoms with van der Waals surface area (Å²) in [7, 11) is 1.47. The first-order valence-corrected chi connectivity index (χ1v) is 12.5. The van der Waals surface area contributed by atoms with Crippen LogP contribution in [0.2, 0.25) is 5.02 Å². The number of rotatable bonds is 8. The zero-order valence-electron chi connectivity index (χ0n) is 19.2. The van der Waals surface area contributed by atoms with E-state index in [-0.39, 0.29) is 34.2 Å². The molecule has 1 heterocycles. The number of nitro benzene ring substituents is 1. The lowest BCUT2D eigenvalue weighted by atomic mass is 9.89. The van der Waals surface area contributed by atoms with Crippen LogP contribution in [0.4, 0.5) is 10.5 Å². The van der Waals surface area contributed by atoms with Crippen LogP contribution in [-0.4, -0.2) is 34.6 Å². The van der Waals surface area contributed by atoms with E-state index in [1.165, 1.54) is 30.6 Å². The Bertz CT molecular complexity index is 1180. The number of imide groups is 1. The molecule has 2 aliphatic rings. The molecule has 0 spiro atoms. The summed E-state index contributed by atoms with van der Waals surface area (Å²) in [5.41, 5.74) is 1.17. The highest BCUT2D eigenvalue weighted by Gasteiger charge is 2.36. The van der Waals surface area contributed by atoms with Gasteiger partial charge in [-0.2, -0.15) is 0 Å². The van der Waals surface area contributed by atoms with Gasteiger partial charge < -0.3 is 9.47 Å². The van der Waals surface area contributed by atoms with E-state index in [2.05, 4.69) is 0 Å². The number of nitro groups is 1. The molecule has 0 radical (unpaired) electrons. The van der Waals surface area contributed by atoms with Crippen LogP contribution in [0.15, 0.2) is 41.3 Å². The first-order valence-electron chi connectivity index (χ1n) is 11.3. The predicted octanol–water partition coefficient (Wildman–Crippen LogP) is 6.45. The van der Waals surface area contributed by atoms with Crippen LogP contribution in [0, 0.1) is 16.0 Å². The van der Waals surface area contributed by atoms with Crippen LogP contribution in [0.3, 0.4) is 0 Å². The van der Waals surface area contributed by atoms with Crippen molar-refractivity contribution in [1.29, 1.82) is 0 Å². The molecule has 0 bridgehead atoms. The number of ether oxygens (including phenoxy) is 2. The highest BCUT2D eigenvalue weighted by molar-refractivity contribution is 8.18. The van der Waals surface area contributed by atoms with Crippen molar-refractivity contribution in [3.63, 3.8) is 0 Å². The number of non-ortho nitro benzene ring substituents is 1. The number of methoxy groups -OCH3 is 1. The van der Waals surface area contributed by atoms with E-state index < -0.39 is 4.92 Å². The number of nitrogens with zero attached hydrogens (tertiary/aromatic N) is 2. The van der Waals surface area contributed by atoms with Crippen LogP contribution in [0.5, 0.6) is 11.5 Å². The van der Waals surface area contributed by atoms with Gasteiger partial charge >= 0.3 is 0 Å². The van der Waals surface area contributed by atoms with Gasteiger partial charge in [0.25, 0.3) is 16.8 Å². The van der Waals surface area contributed by atoms with E-state index in [1.54, 1.807) is 30.3 Å². The van der Waals surface area contributed by atoms with E-state index in [0.717, 1.165) is 37.4 Å². The molecule has 4 rings (SSSR count). The molecule has 2 fully saturated rings. The van der Waals surface area contributed by atoms with Crippen molar-refractivity contribution in [2.75, 3.05) is 13.7 Å². The van der Waals surface area contributed by atoms with Crippen LogP contribution in [0.25, 0.3) is 6.08 Å². The summed E-state index contributed by atoms with van der Waals surface area (Å²) in [5, 5.41) is 11.0. The Balaban J connectivity index is 1.49. The highest BCUT2D eigenvalue weighted by atomic mass is 35.5. The minimum absolute atomic E-state index is 0.0306. The monoisotopic (exact) mass is 516 g/mol. The molecule has 2 aromatic rings. The number of hydrogen-bond donors (Lipinski definition) is 0. The maximum atomic E-state index is 12.9.